The molecular formula is C27H24ClNO4Se. The molecular weight excluding hydrogens is 517 g/mol. The van der Waals surface area contributed by atoms with Crippen molar-refractivity contribution < 1.29 is 27.6 Å². The Kier molecular flexibility index (Phi) is 7.61. The molecule has 4 rings (SSSR count). The van der Waals surface area contributed by atoms with E-state index >= 15 is 0 Å². The molecule has 0 spiro atoms. The number of nitrogens with zero attached hydrogens (tertiary/aromatic N) is 1. The monoisotopic (exact) mass is 541 g/mol. The van der Waals surface area contributed by atoms with Crippen LogP contribution in [-0.4, -0.2) is 32.3 Å². The van der Waals surface area contributed by atoms with E-state index in [9.17, 15) is 14.0 Å². The van der Waals surface area contributed by atoms with E-state index in [1.165, 1.54) is 0 Å². The van der Waals surface area contributed by atoms with Gasteiger partial charge in [-0.3, -0.25) is 0 Å². The maximum absolute atomic E-state index is 11.7. The van der Waals surface area contributed by atoms with Gasteiger partial charge in [0.05, 0.1) is 0 Å². The fourth-order valence-electron chi connectivity index (χ4n) is 3.47. The second-order valence-electron chi connectivity index (χ2n) is 7.78. The molecule has 174 valence electrons. The fourth-order valence-corrected chi connectivity index (χ4v) is 8.57. The second kappa shape index (κ2) is 10.6. The van der Waals surface area contributed by atoms with Gasteiger partial charge in [0.25, 0.3) is 0 Å². The molecule has 0 bridgehead atoms. The normalized spacial score (nSPS) is 16.4. The van der Waals surface area contributed by atoms with Crippen LogP contribution in [0.2, 0.25) is 0 Å². The standard InChI is InChI=1S/C27H24ClNO4Se/c1-29(2)25-17-15-21(16-18-25)13-14-22-19-26(23-9-5-3-6-10-23)34(33-28(30,31)32)27(20-22)24-11-7-4-8-12-24/h3-20H,1-2H3. The van der Waals surface area contributed by atoms with Crippen LogP contribution in [0.4, 0.5) is 5.69 Å². The first kappa shape index (κ1) is 24.3. The summed E-state index contributed by atoms with van der Waals surface area (Å²) >= 11 is -2.66. The van der Waals surface area contributed by atoms with Gasteiger partial charge in [-0.1, -0.05) is 0 Å². The molecule has 34 heavy (non-hydrogen) atoms. The predicted molar refractivity (Wildman–Crippen MR) is 130 cm³/mol. The fraction of sp³-hybridized carbons (Fsp3) is 0.0741. The first-order valence-corrected chi connectivity index (χ1v) is 14.2. The quantitative estimate of drug-likeness (QED) is 0.429. The van der Waals surface area contributed by atoms with Crippen LogP contribution in [-0.2, 0) is 3.37 Å². The predicted octanol–water partition coefficient (Wildman–Crippen LogP) is 2.04. The van der Waals surface area contributed by atoms with E-state index in [0.717, 1.165) is 36.8 Å². The van der Waals surface area contributed by atoms with E-state index in [1.54, 1.807) is 0 Å². The van der Waals surface area contributed by atoms with Crippen LogP contribution in [0.15, 0.2) is 109 Å². The van der Waals surface area contributed by atoms with Crippen molar-refractivity contribution in [1.29, 1.82) is 0 Å². The Morgan fingerprint density at radius 1 is 0.735 bits per heavy atom. The topological polar surface area (TPSA) is 81.7 Å². The van der Waals surface area contributed by atoms with Crippen LogP contribution in [0.1, 0.15) is 16.7 Å². The molecule has 1 heterocycles. The summed E-state index contributed by atoms with van der Waals surface area (Å²) in [5.41, 5.74) is 4.70. The van der Waals surface area contributed by atoms with Gasteiger partial charge in [0.2, 0.25) is 0 Å². The Morgan fingerprint density at radius 2 is 1.32 bits per heavy atom. The summed E-state index contributed by atoms with van der Waals surface area (Å²) in [5, 5.41) is 0. The first-order valence-electron chi connectivity index (χ1n) is 10.5. The number of anilines is 1. The summed E-state index contributed by atoms with van der Waals surface area (Å²) in [5.74, 6) is 0. The Balaban J connectivity index is 1.82. The molecule has 1 aliphatic heterocycles. The van der Waals surface area contributed by atoms with Crippen LogP contribution in [0.5, 0.6) is 0 Å². The number of benzene rings is 3. The number of allylic oxidation sites excluding steroid dienone is 4. The van der Waals surface area contributed by atoms with Crippen molar-refractivity contribution in [2.45, 2.75) is 0 Å². The minimum atomic E-state index is -4.59. The zero-order chi connectivity index (χ0) is 24.1. The third-order valence-corrected chi connectivity index (χ3v) is 10.3. The van der Waals surface area contributed by atoms with Gasteiger partial charge >= 0.3 is 206 Å². The molecule has 5 nitrogen and oxygen atoms in total. The SMILES string of the molecule is CN(C)c1ccc(C=CC2=CC(c3ccccc3)=[Se](O[Cl+3]([O-])([O-])[O-])C(c3ccccc3)=C2)cc1. The Labute approximate surface area is 206 Å². The number of rotatable bonds is 7. The van der Waals surface area contributed by atoms with Crippen molar-refractivity contribution in [3.63, 3.8) is 0 Å². The third kappa shape index (κ3) is 6.20. The van der Waals surface area contributed by atoms with E-state index in [-0.39, 0.29) is 0 Å². The molecule has 0 fully saturated rings. The van der Waals surface area contributed by atoms with E-state index in [0.29, 0.717) is 0 Å². The van der Waals surface area contributed by atoms with Crippen LogP contribution in [0.3, 0.4) is 0 Å². The van der Waals surface area contributed by atoms with Gasteiger partial charge in [0, 0.05) is 0 Å². The summed E-state index contributed by atoms with van der Waals surface area (Å²) in [6, 6.07) is 27.1. The Hall–Kier alpha value is -2.80. The van der Waals surface area contributed by atoms with Gasteiger partial charge in [-0.05, 0) is 0 Å². The average molecular weight is 541 g/mol. The molecule has 0 radical (unpaired) electrons. The summed E-state index contributed by atoms with van der Waals surface area (Å²) in [6.45, 7) is 0. The molecule has 0 aromatic heterocycles. The minimum absolute atomic E-state index is 0.719. The van der Waals surface area contributed by atoms with Crippen LogP contribution in [0, 0.1) is 10.2 Å². The van der Waals surface area contributed by atoms with E-state index in [4.69, 9.17) is 3.37 Å². The summed E-state index contributed by atoms with van der Waals surface area (Å²) in [7, 11) is -0.595. The molecule has 0 saturated heterocycles. The van der Waals surface area contributed by atoms with Crippen LogP contribution in [0.25, 0.3) is 10.5 Å². The molecule has 1 atom stereocenters. The Morgan fingerprint density at radius 3 is 1.88 bits per heavy atom. The van der Waals surface area contributed by atoms with Crippen molar-refractivity contribution in [1.82, 2.24) is 0 Å². The molecule has 1 aliphatic rings. The van der Waals surface area contributed by atoms with Gasteiger partial charge < -0.3 is 0 Å². The molecule has 7 heteroatoms. The molecule has 0 saturated carbocycles. The molecule has 0 N–H and O–H groups in total. The number of hydrogen-bond donors (Lipinski definition) is 0. The van der Waals surface area contributed by atoms with E-state index < -0.39 is 24.0 Å². The summed E-state index contributed by atoms with van der Waals surface area (Å²) in [4.78, 5) is 2.04. The van der Waals surface area contributed by atoms with E-state index in [2.05, 4.69) is 12.1 Å². The van der Waals surface area contributed by atoms with Crippen molar-refractivity contribution in [2.24, 2.45) is 0 Å². The summed E-state index contributed by atoms with van der Waals surface area (Å²) < 4.78 is 41.6. The molecule has 3 aromatic rings. The molecule has 1 unspecified atom stereocenters. The van der Waals surface area contributed by atoms with Crippen LogP contribution >= 0.6 is 0 Å². The zero-order valence-electron chi connectivity index (χ0n) is 18.8. The second-order valence-corrected chi connectivity index (χ2v) is 12.4. The van der Waals surface area contributed by atoms with Gasteiger partial charge in [-0.2, -0.15) is 0 Å². The van der Waals surface area contributed by atoms with Gasteiger partial charge in [-0.25, -0.2) is 0 Å². The first-order chi connectivity index (χ1) is 16.3. The van der Waals surface area contributed by atoms with E-state index in [1.807, 2.05) is 116 Å². The van der Waals surface area contributed by atoms with Crippen molar-refractivity contribution in [3.05, 3.63) is 125 Å². The maximum atomic E-state index is 11.7. The van der Waals surface area contributed by atoms with Gasteiger partial charge in [0.15, 0.2) is 0 Å². The summed E-state index contributed by atoms with van der Waals surface area (Å²) in [6.07, 6.45) is 7.83. The third-order valence-electron chi connectivity index (χ3n) is 5.13. The Bertz CT molecular complexity index is 1260. The average Bonchev–Trinajstić information content (AvgIpc) is 2.83. The molecule has 0 amide bonds. The van der Waals surface area contributed by atoms with Crippen molar-refractivity contribution in [3.8, 4) is 0 Å². The molecule has 0 aliphatic carbocycles. The van der Waals surface area contributed by atoms with Crippen molar-refractivity contribution in [2.75, 3.05) is 19.0 Å². The zero-order valence-corrected chi connectivity index (χ0v) is 21.2. The van der Waals surface area contributed by atoms with Gasteiger partial charge in [0.1, 0.15) is 0 Å². The van der Waals surface area contributed by atoms with Crippen molar-refractivity contribution >= 4 is 34.4 Å². The van der Waals surface area contributed by atoms with Crippen LogP contribution < -0.4 is 18.9 Å². The number of halogens is 1. The number of hydrogen-bond acceptors (Lipinski definition) is 5. The molecule has 3 aromatic carbocycles. The van der Waals surface area contributed by atoms with Gasteiger partial charge in [-0.15, -0.1) is 0 Å².